The van der Waals surface area contributed by atoms with Crippen LogP contribution >= 0.6 is 7.37 Å². The molecule has 0 aliphatic heterocycles. The molecule has 0 rings (SSSR count). The molecule has 1 amide bonds. The Morgan fingerprint density at radius 2 is 2.18 bits per heavy atom. The molecule has 0 radical (unpaired) electrons. The van der Waals surface area contributed by atoms with E-state index in [0.717, 1.165) is 0 Å². The first kappa shape index (κ1) is 10.6. The highest BCUT2D eigenvalue weighted by Crippen LogP contribution is 2.35. The van der Waals surface area contributed by atoms with Gasteiger partial charge in [0, 0.05) is 12.8 Å². The SMILES string of the molecule is CP(=O)(O)CCC(N)C(N)=O. The molecular weight excluding hydrogens is 167 g/mol. The summed E-state index contributed by atoms with van der Waals surface area (Å²) in [6.07, 6.45) is 0.205. The van der Waals surface area contributed by atoms with Crippen molar-refractivity contribution in [1.82, 2.24) is 0 Å². The first-order valence-electron chi connectivity index (χ1n) is 3.17. The van der Waals surface area contributed by atoms with Crippen molar-refractivity contribution in [2.24, 2.45) is 11.5 Å². The van der Waals surface area contributed by atoms with Gasteiger partial charge in [0.15, 0.2) is 7.37 Å². The van der Waals surface area contributed by atoms with Gasteiger partial charge in [-0.15, -0.1) is 0 Å². The van der Waals surface area contributed by atoms with Crippen molar-refractivity contribution in [3.05, 3.63) is 0 Å². The number of rotatable bonds is 4. The van der Waals surface area contributed by atoms with Gasteiger partial charge in [-0.1, -0.05) is 0 Å². The normalized spacial score (nSPS) is 18.8. The Hall–Kier alpha value is -0.380. The summed E-state index contributed by atoms with van der Waals surface area (Å²) in [6.45, 7) is 1.22. The van der Waals surface area contributed by atoms with Crippen LogP contribution in [0.25, 0.3) is 0 Å². The molecule has 5 N–H and O–H groups in total. The van der Waals surface area contributed by atoms with Crippen LogP contribution in [0.4, 0.5) is 0 Å². The van der Waals surface area contributed by atoms with Gasteiger partial charge in [0.2, 0.25) is 5.91 Å². The lowest BCUT2D eigenvalue weighted by Gasteiger charge is -2.08. The van der Waals surface area contributed by atoms with Crippen molar-refractivity contribution in [3.63, 3.8) is 0 Å². The van der Waals surface area contributed by atoms with Crippen molar-refractivity contribution in [3.8, 4) is 0 Å². The number of hydrogen-bond donors (Lipinski definition) is 3. The van der Waals surface area contributed by atoms with Gasteiger partial charge in [-0.2, -0.15) is 0 Å². The number of primary amides is 1. The fourth-order valence-corrected chi connectivity index (χ4v) is 1.28. The molecule has 2 atom stereocenters. The Kier molecular flexibility index (Phi) is 3.72. The van der Waals surface area contributed by atoms with Gasteiger partial charge in [0.05, 0.1) is 6.04 Å². The highest BCUT2D eigenvalue weighted by Gasteiger charge is 2.15. The molecule has 0 fully saturated rings. The highest BCUT2D eigenvalue weighted by molar-refractivity contribution is 7.57. The van der Waals surface area contributed by atoms with Gasteiger partial charge < -0.3 is 16.4 Å². The molecule has 0 bridgehead atoms. The Morgan fingerprint density at radius 3 is 2.45 bits per heavy atom. The van der Waals surface area contributed by atoms with Crippen LogP contribution in [0, 0.1) is 0 Å². The molecule has 11 heavy (non-hydrogen) atoms. The smallest absolute Gasteiger partial charge is 0.234 e. The lowest BCUT2D eigenvalue weighted by Crippen LogP contribution is -2.36. The topological polar surface area (TPSA) is 106 Å². The second kappa shape index (κ2) is 3.85. The Bertz CT molecular complexity index is 188. The zero-order valence-corrected chi connectivity index (χ0v) is 7.25. The fourth-order valence-electron chi connectivity index (χ4n) is 0.521. The molecular formula is C5H13N2O3P. The molecule has 0 spiro atoms. The van der Waals surface area contributed by atoms with Gasteiger partial charge >= 0.3 is 0 Å². The second-order valence-corrected chi connectivity index (χ2v) is 5.12. The van der Waals surface area contributed by atoms with Crippen LogP contribution in [0.2, 0.25) is 0 Å². The van der Waals surface area contributed by atoms with E-state index < -0.39 is 19.3 Å². The monoisotopic (exact) mass is 180 g/mol. The first-order valence-corrected chi connectivity index (χ1v) is 5.46. The average molecular weight is 180 g/mol. The van der Waals surface area contributed by atoms with Crippen LogP contribution in [0.5, 0.6) is 0 Å². The van der Waals surface area contributed by atoms with Crippen molar-refractivity contribution >= 4 is 13.3 Å². The van der Waals surface area contributed by atoms with E-state index in [-0.39, 0.29) is 12.6 Å². The quantitative estimate of drug-likeness (QED) is 0.487. The predicted molar refractivity (Wildman–Crippen MR) is 42.4 cm³/mol. The molecule has 0 aromatic carbocycles. The standard InChI is InChI=1S/C5H13N2O3P/c1-11(9,10)3-2-4(6)5(7)8/h4H,2-3,6H2,1H3,(H2,7,8)(H,9,10). The number of hydrogen-bond acceptors (Lipinski definition) is 3. The largest absolute Gasteiger partial charge is 0.368 e. The fraction of sp³-hybridized carbons (Fsp3) is 0.800. The number of amides is 1. The molecule has 0 heterocycles. The zero-order chi connectivity index (χ0) is 9.07. The molecule has 0 aliphatic rings. The zero-order valence-electron chi connectivity index (χ0n) is 6.36. The van der Waals surface area contributed by atoms with E-state index in [4.69, 9.17) is 16.4 Å². The minimum Gasteiger partial charge on any atom is -0.368 e. The van der Waals surface area contributed by atoms with E-state index in [1.807, 2.05) is 0 Å². The summed E-state index contributed by atoms with van der Waals surface area (Å²) < 4.78 is 10.7. The predicted octanol–water partition coefficient (Wildman–Crippen LogP) is -0.911. The molecule has 0 saturated carbocycles. The van der Waals surface area contributed by atoms with Crippen LogP contribution in [-0.4, -0.2) is 29.7 Å². The van der Waals surface area contributed by atoms with E-state index in [1.165, 1.54) is 6.66 Å². The van der Waals surface area contributed by atoms with E-state index >= 15 is 0 Å². The number of carbonyl (C=O) groups excluding carboxylic acids is 1. The van der Waals surface area contributed by atoms with E-state index in [2.05, 4.69) is 0 Å². The van der Waals surface area contributed by atoms with Gasteiger partial charge in [-0.05, 0) is 6.42 Å². The third-order valence-electron chi connectivity index (χ3n) is 1.22. The van der Waals surface area contributed by atoms with Crippen LogP contribution < -0.4 is 11.5 Å². The van der Waals surface area contributed by atoms with E-state index in [0.29, 0.717) is 0 Å². The summed E-state index contributed by atoms with van der Waals surface area (Å²) in [6, 6.07) is -0.810. The van der Waals surface area contributed by atoms with Crippen molar-refractivity contribution < 1.29 is 14.3 Å². The minimum absolute atomic E-state index is 0.0388. The first-order chi connectivity index (χ1) is 4.83. The minimum atomic E-state index is -3.05. The van der Waals surface area contributed by atoms with E-state index in [1.54, 1.807) is 0 Å². The lowest BCUT2D eigenvalue weighted by molar-refractivity contribution is -0.119. The lowest BCUT2D eigenvalue weighted by atomic mass is 10.2. The van der Waals surface area contributed by atoms with Crippen LogP contribution in [-0.2, 0) is 9.36 Å². The van der Waals surface area contributed by atoms with Crippen LogP contribution in [0.1, 0.15) is 6.42 Å². The summed E-state index contributed by atoms with van der Waals surface area (Å²) >= 11 is 0. The third kappa shape index (κ3) is 6.04. The van der Waals surface area contributed by atoms with Crippen LogP contribution in [0.3, 0.4) is 0 Å². The van der Waals surface area contributed by atoms with Gasteiger partial charge in [0.25, 0.3) is 0 Å². The summed E-state index contributed by atoms with van der Waals surface area (Å²) in [4.78, 5) is 19.1. The molecule has 2 unspecified atom stereocenters. The van der Waals surface area contributed by atoms with Crippen LogP contribution in [0.15, 0.2) is 0 Å². The average Bonchev–Trinajstić information content (AvgIpc) is 1.80. The summed E-state index contributed by atoms with van der Waals surface area (Å²) in [5.74, 6) is -0.640. The van der Waals surface area contributed by atoms with Crippen molar-refractivity contribution in [2.45, 2.75) is 12.5 Å². The maximum Gasteiger partial charge on any atom is 0.234 e. The summed E-state index contributed by atoms with van der Waals surface area (Å²) in [7, 11) is -3.05. The summed E-state index contributed by atoms with van der Waals surface area (Å²) in [5.41, 5.74) is 10.0. The molecule has 0 aliphatic carbocycles. The molecule has 0 aromatic rings. The van der Waals surface area contributed by atoms with Crippen molar-refractivity contribution in [1.29, 1.82) is 0 Å². The van der Waals surface area contributed by atoms with E-state index in [9.17, 15) is 9.36 Å². The molecule has 66 valence electrons. The third-order valence-corrected chi connectivity index (χ3v) is 2.31. The maximum atomic E-state index is 10.7. The number of nitrogens with two attached hydrogens (primary N) is 2. The molecule has 5 nitrogen and oxygen atoms in total. The Labute approximate surface area is 65.2 Å². The van der Waals surface area contributed by atoms with Gasteiger partial charge in [-0.25, -0.2) is 0 Å². The van der Waals surface area contributed by atoms with Crippen molar-refractivity contribution in [2.75, 3.05) is 12.8 Å². The maximum absolute atomic E-state index is 10.7. The number of carbonyl (C=O) groups is 1. The Morgan fingerprint density at radius 1 is 1.73 bits per heavy atom. The van der Waals surface area contributed by atoms with Gasteiger partial charge in [-0.3, -0.25) is 9.36 Å². The second-order valence-electron chi connectivity index (χ2n) is 2.57. The van der Waals surface area contributed by atoms with Gasteiger partial charge in [0.1, 0.15) is 0 Å². The molecule has 0 saturated heterocycles. The Balaban J connectivity index is 3.72. The molecule has 0 aromatic heterocycles. The highest BCUT2D eigenvalue weighted by atomic mass is 31.2. The summed E-state index contributed by atoms with van der Waals surface area (Å²) in [5, 5.41) is 0. The molecule has 6 heteroatoms.